The molecule has 0 heterocycles. The predicted octanol–water partition coefficient (Wildman–Crippen LogP) is 5.18. The minimum atomic E-state index is 0.389. The molecule has 0 amide bonds. The molecular weight excluding hydrogens is 282 g/mol. The Morgan fingerprint density at radius 1 is 0.870 bits per heavy atom. The van der Waals surface area contributed by atoms with Crippen molar-refractivity contribution in [3.05, 3.63) is 65.7 Å². The summed E-state index contributed by atoms with van der Waals surface area (Å²) in [7, 11) is 1.71. The van der Waals surface area contributed by atoms with Gasteiger partial charge in [0.1, 0.15) is 5.75 Å². The van der Waals surface area contributed by atoms with Gasteiger partial charge in [0.25, 0.3) is 0 Å². The zero-order chi connectivity index (χ0) is 16.7. The van der Waals surface area contributed by atoms with Crippen LogP contribution < -0.4 is 10.1 Å². The number of hydrogen-bond donors (Lipinski definition) is 1. The smallest absolute Gasteiger partial charge is 0.118 e. The van der Waals surface area contributed by atoms with Gasteiger partial charge in [-0.2, -0.15) is 0 Å². The van der Waals surface area contributed by atoms with Gasteiger partial charge in [-0.1, -0.05) is 56.3 Å². The summed E-state index contributed by atoms with van der Waals surface area (Å²) >= 11 is 0. The maximum atomic E-state index is 5.26. The number of methoxy groups -OCH3 is 1. The highest BCUT2D eigenvalue weighted by molar-refractivity contribution is 5.29. The number of ether oxygens (including phenoxy) is 1. The van der Waals surface area contributed by atoms with Gasteiger partial charge in [0.05, 0.1) is 7.11 Å². The maximum absolute atomic E-state index is 5.26. The molecular formula is C21H29NO. The summed E-state index contributed by atoms with van der Waals surface area (Å²) in [6.07, 6.45) is 1.14. The van der Waals surface area contributed by atoms with E-state index >= 15 is 0 Å². The van der Waals surface area contributed by atoms with E-state index in [1.807, 2.05) is 0 Å². The van der Waals surface area contributed by atoms with Gasteiger partial charge in [-0.15, -0.1) is 0 Å². The van der Waals surface area contributed by atoms with Crippen LogP contribution in [0.2, 0.25) is 0 Å². The molecule has 0 aliphatic heterocycles. The summed E-state index contributed by atoms with van der Waals surface area (Å²) in [5.74, 6) is 2.11. The zero-order valence-corrected chi connectivity index (χ0v) is 14.8. The van der Waals surface area contributed by atoms with E-state index in [0.29, 0.717) is 17.9 Å². The topological polar surface area (TPSA) is 21.3 Å². The predicted molar refractivity (Wildman–Crippen MR) is 98.0 cm³/mol. The number of nitrogens with one attached hydrogen (secondary N) is 1. The molecule has 0 fully saturated rings. The Morgan fingerprint density at radius 3 is 2.09 bits per heavy atom. The van der Waals surface area contributed by atoms with E-state index in [1.54, 1.807) is 7.11 Å². The van der Waals surface area contributed by atoms with Gasteiger partial charge in [-0.25, -0.2) is 0 Å². The van der Waals surface area contributed by atoms with Crippen molar-refractivity contribution in [3.63, 3.8) is 0 Å². The Hall–Kier alpha value is -1.80. The van der Waals surface area contributed by atoms with Crippen molar-refractivity contribution >= 4 is 0 Å². The molecule has 0 saturated heterocycles. The summed E-state index contributed by atoms with van der Waals surface area (Å²) in [4.78, 5) is 0. The molecule has 23 heavy (non-hydrogen) atoms. The molecule has 2 aromatic carbocycles. The van der Waals surface area contributed by atoms with Gasteiger partial charge in [-0.05, 0) is 55.0 Å². The van der Waals surface area contributed by atoms with E-state index in [0.717, 1.165) is 18.7 Å². The van der Waals surface area contributed by atoms with E-state index in [-0.39, 0.29) is 0 Å². The Labute approximate surface area is 140 Å². The summed E-state index contributed by atoms with van der Waals surface area (Å²) < 4.78 is 5.26. The minimum Gasteiger partial charge on any atom is -0.497 e. The first kappa shape index (κ1) is 17.6. The lowest BCUT2D eigenvalue weighted by Crippen LogP contribution is -2.22. The number of benzene rings is 2. The fraction of sp³-hybridized carbons (Fsp3) is 0.429. The fourth-order valence-electron chi connectivity index (χ4n) is 3.05. The van der Waals surface area contributed by atoms with Gasteiger partial charge in [0, 0.05) is 6.04 Å². The van der Waals surface area contributed by atoms with Crippen LogP contribution in [0.3, 0.4) is 0 Å². The second kappa shape index (κ2) is 8.73. The zero-order valence-electron chi connectivity index (χ0n) is 14.8. The van der Waals surface area contributed by atoms with Gasteiger partial charge in [0.2, 0.25) is 0 Å². The Kier molecular flexibility index (Phi) is 6.66. The van der Waals surface area contributed by atoms with Crippen molar-refractivity contribution in [3.8, 4) is 5.75 Å². The van der Waals surface area contributed by atoms with E-state index < -0.39 is 0 Å². The van der Waals surface area contributed by atoms with Crippen molar-refractivity contribution in [1.82, 2.24) is 5.32 Å². The molecule has 2 aromatic rings. The van der Waals surface area contributed by atoms with Gasteiger partial charge in [-0.3, -0.25) is 0 Å². The standard InChI is InChI=1S/C21H29NO/c1-16(2)21(19-10-12-20(23-4)13-11-19)14-15-22-17(3)18-8-6-5-7-9-18/h5-13,16-17,21-22H,14-15H2,1-4H3/t17-,21+/m1/s1. The highest BCUT2D eigenvalue weighted by atomic mass is 16.5. The first-order valence-electron chi connectivity index (χ1n) is 8.54. The van der Waals surface area contributed by atoms with Crippen molar-refractivity contribution in [2.75, 3.05) is 13.7 Å². The second-order valence-electron chi connectivity index (χ2n) is 6.50. The van der Waals surface area contributed by atoms with Crippen molar-refractivity contribution in [1.29, 1.82) is 0 Å². The minimum absolute atomic E-state index is 0.389. The van der Waals surface area contributed by atoms with Crippen LogP contribution in [0.5, 0.6) is 5.75 Å². The average molecular weight is 311 g/mol. The van der Waals surface area contributed by atoms with Crippen LogP contribution in [0.4, 0.5) is 0 Å². The van der Waals surface area contributed by atoms with Crippen molar-refractivity contribution in [2.24, 2.45) is 5.92 Å². The molecule has 0 spiro atoms. The molecule has 2 atom stereocenters. The molecule has 0 aliphatic rings. The summed E-state index contributed by atoms with van der Waals surface area (Å²) in [6, 6.07) is 19.5. The lowest BCUT2D eigenvalue weighted by molar-refractivity contribution is 0.412. The monoisotopic (exact) mass is 311 g/mol. The average Bonchev–Trinajstić information content (AvgIpc) is 2.59. The molecule has 1 N–H and O–H groups in total. The van der Waals surface area contributed by atoms with Crippen LogP contribution in [0.1, 0.15) is 50.3 Å². The second-order valence-corrected chi connectivity index (χ2v) is 6.50. The molecule has 2 heteroatoms. The molecule has 2 rings (SSSR count). The maximum Gasteiger partial charge on any atom is 0.118 e. The summed E-state index contributed by atoms with van der Waals surface area (Å²) in [5, 5.41) is 3.65. The Morgan fingerprint density at radius 2 is 1.52 bits per heavy atom. The molecule has 0 saturated carbocycles. The van der Waals surface area contributed by atoms with Crippen LogP contribution in [0, 0.1) is 5.92 Å². The number of hydrogen-bond acceptors (Lipinski definition) is 2. The lowest BCUT2D eigenvalue weighted by Gasteiger charge is -2.23. The van der Waals surface area contributed by atoms with Crippen LogP contribution in [-0.2, 0) is 0 Å². The van der Waals surface area contributed by atoms with E-state index in [4.69, 9.17) is 4.74 Å². The third-order valence-electron chi connectivity index (χ3n) is 4.55. The Bertz CT molecular complexity index is 562. The molecule has 0 aromatic heterocycles. The highest BCUT2D eigenvalue weighted by Crippen LogP contribution is 2.29. The molecule has 0 aliphatic carbocycles. The fourth-order valence-corrected chi connectivity index (χ4v) is 3.05. The molecule has 2 nitrogen and oxygen atoms in total. The molecule has 0 bridgehead atoms. The first-order valence-corrected chi connectivity index (χ1v) is 8.54. The summed E-state index contributed by atoms with van der Waals surface area (Å²) in [5.41, 5.74) is 2.74. The Balaban J connectivity index is 1.92. The third kappa shape index (κ3) is 5.11. The largest absolute Gasteiger partial charge is 0.497 e. The van der Waals surface area contributed by atoms with Crippen LogP contribution >= 0.6 is 0 Å². The van der Waals surface area contributed by atoms with Crippen molar-refractivity contribution < 1.29 is 4.74 Å². The van der Waals surface area contributed by atoms with Crippen LogP contribution in [0.25, 0.3) is 0 Å². The van der Waals surface area contributed by atoms with Gasteiger partial charge in [0.15, 0.2) is 0 Å². The SMILES string of the molecule is COc1ccc([C@@H](CCN[C@H](C)c2ccccc2)C(C)C)cc1. The summed E-state index contributed by atoms with van der Waals surface area (Å²) in [6.45, 7) is 7.85. The first-order chi connectivity index (χ1) is 11.1. The highest BCUT2D eigenvalue weighted by Gasteiger charge is 2.16. The van der Waals surface area contributed by atoms with E-state index in [2.05, 4.69) is 80.7 Å². The molecule has 0 unspecified atom stereocenters. The quantitative estimate of drug-likeness (QED) is 0.725. The van der Waals surface area contributed by atoms with Gasteiger partial charge < -0.3 is 10.1 Å². The lowest BCUT2D eigenvalue weighted by atomic mass is 9.85. The normalized spacial score (nSPS) is 13.8. The van der Waals surface area contributed by atoms with E-state index in [1.165, 1.54) is 11.1 Å². The van der Waals surface area contributed by atoms with E-state index in [9.17, 15) is 0 Å². The van der Waals surface area contributed by atoms with Crippen molar-refractivity contribution in [2.45, 2.75) is 39.2 Å². The number of rotatable bonds is 8. The van der Waals surface area contributed by atoms with Crippen LogP contribution in [-0.4, -0.2) is 13.7 Å². The molecule has 0 radical (unpaired) electrons. The van der Waals surface area contributed by atoms with Crippen LogP contribution in [0.15, 0.2) is 54.6 Å². The third-order valence-corrected chi connectivity index (χ3v) is 4.55. The molecule has 124 valence electrons. The van der Waals surface area contributed by atoms with Gasteiger partial charge >= 0.3 is 0 Å².